The van der Waals surface area contributed by atoms with Crippen LogP contribution < -0.4 is 14.9 Å². The summed E-state index contributed by atoms with van der Waals surface area (Å²) in [6.07, 6.45) is -9.75. The quantitative estimate of drug-likeness (QED) is 0.292. The van der Waals surface area contributed by atoms with E-state index in [1.807, 2.05) is 0 Å². The normalized spacial score (nSPS) is 24.6. The standard InChI is InChI=1S/C22H20O12/c1-31-10-4-2-8(3-5-10)18-19(14(25)13-11(24)6-9(23)7-12(13)32-18)33-22-17(28)15(26)16(27)20(34-22)21(29)30/h2-7,15-17,20,22-24,26-28H,1H3,(H,29,30). The summed E-state index contributed by atoms with van der Waals surface area (Å²) in [6.45, 7) is 0. The smallest absolute Gasteiger partial charge is 0.335 e. The number of methoxy groups -OCH3 is 1. The number of hydrogen-bond acceptors (Lipinski definition) is 11. The van der Waals surface area contributed by atoms with Gasteiger partial charge in [0.25, 0.3) is 0 Å². The maximum Gasteiger partial charge on any atom is 0.335 e. The van der Waals surface area contributed by atoms with Gasteiger partial charge in [-0.15, -0.1) is 0 Å². The molecule has 1 saturated heterocycles. The Morgan fingerprint density at radius 3 is 2.29 bits per heavy atom. The fraction of sp³-hybridized carbons (Fsp3) is 0.273. The van der Waals surface area contributed by atoms with Crippen molar-refractivity contribution in [3.05, 3.63) is 46.6 Å². The molecule has 0 radical (unpaired) electrons. The molecule has 5 atom stereocenters. The Labute approximate surface area is 190 Å². The number of rotatable bonds is 5. The number of carbonyl (C=O) groups is 1. The van der Waals surface area contributed by atoms with Crippen molar-refractivity contribution in [3.63, 3.8) is 0 Å². The maximum atomic E-state index is 13.3. The molecule has 1 aliphatic heterocycles. The molecule has 1 fully saturated rings. The summed E-state index contributed by atoms with van der Waals surface area (Å²) in [5, 5.41) is 59.2. The van der Waals surface area contributed by atoms with E-state index in [0.29, 0.717) is 5.75 Å². The van der Waals surface area contributed by atoms with Crippen LogP contribution in [0.5, 0.6) is 23.0 Å². The van der Waals surface area contributed by atoms with E-state index in [1.165, 1.54) is 19.2 Å². The number of fused-ring (bicyclic) bond motifs is 1. The number of aromatic hydroxyl groups is 2. The molecule has 1 aliphatic rings. The predicted octanol–water partition coefficient (Wildman–Crippen LogP) is 0.151. The second-order valence-corrected chi connectivity index (χ2v) is 7.51. The van der Waals surface area contributed by atoms with Crippen LogP contribution in [0.3, 0.4) is 0 Å². The Morgan fingerprint density at radius 2 is 1.68 bits per heavy atom. The number of aliphatic hydroxyl groups excluding tert-OH is 3. The third-order valence-electron chi connectivity index (χ3n) is 5.32. The van der Waals surface area contributed by atoms with Gasteiger partial charge in [0.2, 0.25) is 17.5 Å². The molecule has 2 heterocycles. The first kappa shape index (κ1) is 23.3. The Bertz CT molecular complexity index is 1280. The summed E-state index contributed by atoms with van der Waals surface area (Å²) >= 11 is 0. The number of phenolic OH excluding ortho intramolecular Hbond substituents is 2. The Morgan fingerprint density at radius 1 is 1.00 bits per heavy atom. The van der Waals surface area contributed by atoms with E-state index in [9.17, 15) is 40.2 Å². The van der Waals surface area contributed by atoms with Crippen molar-refractivity contribution < 1.29 is 54.1 Å². The molecular weight excluding hydrogens is 456 g/mol. The van der Waals surface area contributed by atoms with E-state index in [-0.39, 0.29) is 28.0 Å². The van der Waals surface area contributed by atoms with Crippen molar-refractivity contribution in [1.29, 1.82) is 0 Å². The molecule has 0 bridgehead atoms. The third-order valence-corrected chi connectivity index (χ3v) is 5.32. The second-order valence-electron chi connectivity index (χ2n) is 7.51. The van der Waals surface area contributed by atoms with Crippen LogP contribution in [0.4, 0.5) is 0 Å². The number of aliphatic hydroxyl groups is 3. The van der Waals surface area contributed by atoms with Crippen LogP contribution in [0.1, 0.15) is 0 Å². The molecule has 6 N–H and O–H groups in total. The first-order valence-electron chi connectivity index (χ1n) is 9.88. The molecule has 0 aliphatic carbocycles. The van der Waals surface area contributed by atoms with E-state index in [2.05, 4.69) is 0 Å². The van der Waals surface area contributed by atoms with Crippen LogP contribution in [-0.4, -0.2) is 74.4 Å². The highest BCUT2D eigenvalue weighted by Gasteiger charge is 2.48. The topological polar surface area (TPSA) is 196 Å². The number of carboxylic acids is 1. The molecule has 5 unspecified atom stereocenters. The first-order valence-corrected chi connectivity index (χ1v) is 9.88. The second kappa shape index (κ2) is 8.83. The number of benzene rings is 2. The minimum absolute atomic E-state index is 0.190. The molecule has 0 saturated carbocycles. The molecule has 0 spiro atoms. The van der Waals surface area contributed by atoms with Crippen LogP contribution in [0, 0.1) is 0 Å². The molecule has 1 aromatic heterocycles. The Hall–Kier alpha value is -3.84. The molecule has 12 nitrogen and oxygen atoms in total. The number of hydrogen-bond donors (Lipinski definition) is 6. The van der Waals surface area contributed by atoms with Gasteiger partial charge in [0, 0.05) is 17.7 Å². The molecule has 180 valence electrons. The average molecular weight is 476 g/mol. The zero-order valence-electron chi connectivity index (χ0n) is 17.5. The van der Waals surface area contributed by atoms with Crippen LogP contribution in [-0.2, 0) is 9.53 Å². The SMILES string of the molecule is COc1ccc(-c2oc3cc(O)cc(O)c3c(=O)c2OC2OC(C(=O)O)C(O)C(O)C2O)cc1. The lowest BCUT2D eigenvalue weighted by molar-refractivity contribution is -0.271. The number of aliphatic carboxylic acids is 1. The van der Waals surface area contributed by atoms with E-state index < -0.39 is 53.6 Å². The van der Waals surface area contributed by atoms with Crippen LogP contribution in [0.2, 0.25) is 0 Å². The summed E-state index contributed by atoms with van der Waals surface area (Å²) in [5.74, 6) is -2.96. The van der Waals surface area contributed by atoms with Gasteiger partial charge in [0.05, 0.1) is 7.11 Å². The zero-order valence-corrected chi connectivity index (χ0v) is 17.5. The first-order chi connectivity index (χ1) is 16.1. The monoisotopic (exact) mass is 476 g/mol. The van der Waals surface area contributed by atoms with E-state index in [4.69, 9.17) is 18.6 Å². The van der Waals surface area contributed by atoms with E-state index >= 15 is 0 Å². The van der Waals surface area contributed by atoms with Crippen molar-refractivity contribution in [2.45, 2.75) is 30.7 Å². The fourth-order valence-electron chi connectivity index (χ4n) is 3.57. The van der Waals surface area contributed by atoms with Gasteiger partial charge in [-0.3, -0.25) is 4.79 Å². The van der Waals surface area contributed by atoms with Gasteiger partial charge in [-0.05, 0) is 24.3 Å². The Kier molecular flexibility index (Phi) is 6.06. The highest BCUT2D eigenvalue weighted by atomic mass is 16.7. The van der Waals surface area contributed by atoms with Crippen LogP contribution >= 0.6 is 0 Å². The van der Waals surface area contributed by atoms with Gasteiger partial charge in [-0.2, -0.15) is 0 Å². The number of phenols is 2. The molecule has 2 aromatic carbocycles. The molecule has 0 amide bonds. The highest BCUT2D eigenvalue weighted by Crippen LogP contribution is 2.37. The fourth-order valence-corrected chi connectivity index (χ4v) is 3.57. The summed E-state index contributed by atoms with van der Waals surface area (Å²) in [5.41, 5.74) is -0.851. The lowest BCUT2D eigenvalue weighted by Crippen LogP contribution is -2.61. The van der Waals surface area contributed by atoms with Gasteiger partial charge in [0.15, 0.2) is 11.9 Å². The largest absolute Gasteiger partial charge is 0.508 e. The van der Waals surface area contributed by atoms with Crippen molar-refractivity contribution in [1.82, 2.24) is 0 Å². The summed E-state index contributed by atoms with van der Waals surface area (Å²) in [6, 6.07) is 8.12. The van der Waals surface area contributed by atoms with Crippen LogP contribution in [0.15, 0.2) is 45.6 Å². The molecule has 34 heavy (non-hydrogen) atoms. The van der Waals surface area contributed by atoms with Gasteiger partial charge >= 0.3 is 5.97 Å². The minimum atomic E-state index is -1.97. The Balaban J connectivity index is 1.88. The predicted molar refractivity (Wildman–Crippen MR) is 113 cm³/mol. The molecular formula is C22H20O12. The molecule has 4 rings (SSSR count). The van der Waals surface area contributed by atoms with Crippen molar-refractivity contribution in [2.75, 3.05) is 7.11 Å². The molecule has 3 aromatic rings. The minimum Gasteiger partial charge on any atom is -0.508 e. The van der Waals surface area contributed by atoms with Crippen molar-refractivity contribution >= 4 is 16.9 Å². The summed E-state index contributed by atoms with van der Waals surface area (Å²) in [7, 11) is 1.45. The van der Waals surface area contributed by atoms with Crippen LogP contribution in [0.25, 0.3) is 22.3 Å². The zero-order chi connectivity index (χ0) is 24.7. The average Bonchev–Trinajstić information content (AvgIpc) is 2.80. The lowest BCUT2D eigenvalue weighted by atomic mass is 9.99. The van der Waals surface area contributed by atoms with E-state index in [1.54, 1.807) is 12.1 Å². The third kappa shape index (κ3) is 3.99. The van der Waals surface area contributed by atoms with Crippen molar-refractivity contribution in [3.8, 4) is 34.3 Å². The maximum absolute atomic E-state index is 13.3. The van der Waals surface area contributed by atoms with Gasteiger partial charge in [-0.25, -0.2) is 4.79 Å². The molecule has 12 heteroatoms. The highest BCUT2D eigenvalue weighted by molar-refractivity contribution is 5.88. The van der Waals surface area contributed by atoms with Gasteiger partial charge in [0.1, 0.15) is 46.5 Å². The van der Waals surface area contributed by atoms with Gasteiger partial charge in [-0.1, -0.05) is 0 Å². The van der Waals surface area contributed by atoms with Gasteiger partial charge < -0.3 is 49.3 Å². The number of ether oxygens (including phenoxy) is 3. The van der Waals surface area contributed by atoms with Crippen molar-refractivity contribution in [2.24, 2.45) is 0 Å². The number of carboxylic acid groups (broad SMARTS) is 1. The summed E-state index contributed by atoms with van der Waals surface area (Å²) < 4.78 is 21.5. The van der Waals surface area contributed by atoms with E-state index in [0.717, 1.165) is 12.1 Å². The summed E-state index contributed by atoms with van der Waals surface area (Å²) in [4.78, 5) is 24.7. The lowest BCUT2D eigenvalue weighted by Gasteiger charge is -2.38.